The average Bonchev–Trinajstić information content (AvgIpc) is 2.80. The molecule has 5 heteroatoms. The molecule has 4 nitrogen and oxygen atoms in total. The number of carbonyl (C=O) groups excluding carboxylic acids is 2. The van der Waals surface area contributed by atoms with Crippen LogP contribution in [0.5, 0.6) is 0 Å². The van der Waals surface area contributed by atoms with E-state index in [0.717, 1.165) is 48.0 Å². The molecule has 3 aliphatic rings. The third kappa shape index (κ3) is 8.69. The predicted molar refractivity (Wildman–Crippen MR) is 169 cm³/mol. The maximum absolute atomic E-state index is 13.5. The van der Waals surface area contributed by atoms with Crippen molar-refractivity contribution in [1.82, 2.24) is 10.6 Å². The summed E-state index contributed by atoms with van der Waals surface area (Å²) in [5.41, 5.74) is 4.95. The van der Waals surface area contributed by atoms with E-state index in [1.54, 1.807) is 0 Å². The summed E-state index contributed by atoms with van der Waals surface area (Å²) in [6.07, 6.45) is 16.5. The molecule has 41 heavy (non-hydrogen) atoms. The average molecular weight is 606 g/mol. The Morgan fingerprint density at radius 3 is 1.15 bits per heavy atom. The van der Waals surface area contributed by atoms with Crippen molar-refractivity contribution in [3.8, 4) is 0 Å². The van der Waals surface area contributed by atoms with Gasteiger partial charge in [0.05, 0.1) is 0 Å². The summed E-state index contributed by atoms with van der Waals surface area (Å²) in [4.78, 5) is 27.0. The van der Waals surface area contributed by atoms with Crippen molar-refractivity contribution < 1.29 is 26.1 Å². The van der Waals surface area contributed by atoms with Gasteiger partial charge in [0.15, 0.2) is 11.6 Å². The van der Waals surface area contributed by atoms with E-state index in [4.69, 9.17) is 0 Å². The molecule has 3 rings (SSSR count). The van der Waals surface area contributed by atoms with Gasteiger partial charge in [-0.15, -0.1) is 0 Å². The Labute approximate surface area is 260 Å². The van der Waals surface area contributed by atoms with Crippen LogP contribution in [0.3, 0.4) is 0 Å². The summed E-state index contributed by atoms with van der Waals surface area (Å²) in [7, 11) is 0. The number of allylic oxidation sites excluding steroid dienone is 10. The monoisotopic (exact) mass is 604 g/mol. The maximum Gasteiger partial charge on any atom is 0.191 e. The first kappa shape index (κ1) is 35.1. The molecule has 0 saturated heterocycles. The molecule has 0 aromatic heterocycles. The molecule has 3 aliphatic carbocycles. The Kier molecular flexibility index (Phi) is 10.8. The van der Waals surface area contributed by atoms with Gasteiger partial charge < -0.3 is 10.6 Å². The van der Waals surface area contributed by atoms with Crippen LogP contribution in [0.15, 0.2) is 70.1 Å². The van der Waals surface area contributed by atoms with Gasteiger partial charge in [0, 0.05) is 63.3 Å². The Hall–Kier alpha value is -2.13. The molecule has 2 N–H and O–H groups in total. The van der Waals surface area contributed by atoms with Gasteiger partial charge >= 0.3 is 0 Å². The molecule has 0 bridgehead atoms. The van der Waals surface area contributed by atoms with Crippen LogP contribution in [-0.2, 0) is 26.1 Å². The summed E-state index contributed by atoms with van der Waals surface area (Å²) < 4.78 is 0. The second kappa shape index (κ2) is 12.6. The van der Waals surface area contributed by atoms with Crippen LogP contribution in [0.25, 0.3) is 0 Å². The van der Waals surface area contributed by atoms with Gasteiger partial charge in [0.1, 0.15) is 0 Å². The van der Waals surface area contributed by atoms with Crippen molar-refractivity contribution >= 4 is 11.6 Å². The number of hydrogen-bond donors (Lipinski definition) is 2. The van der Waals surface area contributed by atoms with Crippen LogP contribution < -0.4 is 10.6 Å². The smallest absolute Gasteiger partial charge is 0.191 e. The number of rotatable bonds is 4. The van der Waals surface area contributed by atoms with Crippen LogP contribution in [0.1, 0.15) is 109 Å². The molecule has 0 amide bonds. The van der Waals surface area contributed by atoms with Crippen molar-refractivity contribution in [3.05, 3.63) is 70.1 Å². The van der Waals surface area contributed by atoms with Crippen LogP contribution in [0, 0.1) is 21.7 Å². The van der Waals surface area contributed by atoms with E-state index in [-0.39, 0.29) is 61.8 Å². The van der Waals surface area contributed by atoms with Crippen molar-refractivity contribution in [3.63, 3.8) is 0 Å². The van der Waals surface area contributed by atoms with Crippen molar-refractivity contribution in [1.29, 1.82) is 0 Å². The van der Waals surface area contributed by atoms with Crippen molar-refractivity contribution in [2.24, 2.45) is 21.7 Å². The van der Waals surface area contributed by atoms with Gasteiger partial charge in [-0.2, -0.15) is 0 Å². The minimum Gasteiger partial charge on any atom is -0.386 e. The third-order valence-corrected chi connectivity index (χ3v) is 8.26. The number of ketones is 2. The molecule has 0 aromatic carbocycles. The minimum atomic E-state index is -0.228. The van der Waals surface area contributed by atoms with E-state index in [1.807, 2.05) is 12.4 Å². The zero-order chi connectivity index (χ0) is 30.3. The molecular weight excluding hydrogens is 551 g/mol. The van der Waals surface area contributed by atoms with Crippen molar-refractivity contribution in [2.45, 2.75) is 121 Å². The largest absolute Gasteiger partial charge is 0.386 e. The Balaban J connectivity index is 0.00000588. The van der Waals surface area contributed by atoms with Crippen LogP contribution >= 0.6 is 0 Å². The molecule has 1 saturated carbocycles. The van der Waals surface area contributed by atoms with E-state index in [9.17, 15) is 9.59 Å². The van der Waals surface area contributed by atoms with Crippen molar-refractivity contribution in [2.75, 3.05) is 0 Å². The molecule has 230 valence electrons. The fourth-order valence-corrected chi connectivity index (χ4v) is 5.42. The number of hydrogen-bond acceptors (Lipinski definition) is 4. The quantitative estimate of drug-likeness (QED) is 0.250. The zero-order valence-corrected chi connectivity index (χ0v) is 28.6. The van der Waals surface area contributed by atoms with Crippen LogP contribution in [-0.4, -0.2) is 23.7 Å². The van der Waals surface area contributed by atoms with E-state index in [1.165, 1.54) is 11.1 Å². The standard InChI is InChI=1S/C36H54N2O2.Ni/c1-33(2,3)25-17-23(31(39)27(19-25)35(7,8)9)21-37-29-15-13-14-16-30(29)38-22-24-18-26(34(4,5)6)20-28(32(24)40)36(10,11)12;/h17-22,29-30,37-38H,13-16H2,1-12H3;/b23-21-,24-22-;/t29-,30-;/m0./s1. The van der Waals surface area contributed by atoms with Crippen LogP contribution in [0.2, 0.25) is 0 Å². The minimum absolute atomic E-state index is 0. The van der Waals surface area contributed by atoms with Gasteiger partial charge in [0.2, 0.25) is 0 Å². The Bertz CT molecular complexity index is 1120. The van der Waals surface area contributed by atoms with E-state index < -0.39 is 0 Å². The van der Waals surface area contributed by atoms with E-state index in [0.29, 0.717) is 0 Å². The molecule has 0 heterocycles. The molecular formula is C36H54N2NiO2. The van der Waals surface area contributed by atoms with Gasteiger partial charge in [-0.25, -0.2) is 0 Å². The summed E-state index contributed by atoms with van der Waals surface area (Å²) in [6.45, 7) is 25.8. The normalized spacial score (nSPS) is 24.8. The molecule has 2 atom stereocenters. The number of carbonyl (C=O) groups is 2. The topological polar surface area (TPSA) is 58.2 Å². The molecule has 0 spiro atoms. The fraction of sp³-hybridized carbons (Fsp3) is 0.611. The van der Waals surface area contributed by atoms with Gasteiger partial charge in [-0.3, -0.25) is 9.59 Å². The molecule has 0 aromatic rings. The van der Waals surface area contributed by atoms with E-state index >= 15 is 0 Å². The summed E-state index contributed by atoms with van der Waals surface area (Å²) in [5, 5.41) is 7.25. The summed E-state index contributed by atoms with van der Waals surface area (Å²) >= 11 is 0. The van der Waals surface area contributed by atoms with E-state index in [2.05, 4.69) is 118 Å². The predicted octanol–water partition coefficient (Wildman–Crippen LogP) is 8.30. The SMILES string of the molecule is CC(C)(C)C1=C/C(=C/N[C@H]2CCCC[C@@H]2N/C=C2/C=C(C(C)(C)C)C=C(C(C)(C)C)C2=O)C(=O)C(C(C)(C)C)=C1.[Ni]. The second-order valence-corrected chi connectivity index (χ2v) is 16.0. The summed E-state index contributed by atoms with van der Waals surface area (Å²) in [5.74, 6) is 0.203. The zero-order valence-electron chi connectivity index (χ0n) is 27.6. The molecule has 1 fully saturated rings. The Morgan fingerprint density at radius 1 is 0.561 bits per heavy atom. The van der Waals surface area contributed by atoms with Crippen LogP contribution in [0.4, 0.5) is 0 Å². The van der Waals surface area contributed by atoms with Gasteiger partial charge in [0.25, 0.3) is 0 Å². The Morgan fingerprint density at radius 2 is 0.878 bits per heavy atom. The first-order valence-electron chi connectivity index (χ1n) is 15.1. The first-order valence-corrected chi connectivity index (χ1v) is 15.1. The van der Waals surface area contributed by atoms with Gasteiger partial charge in [-0.05, 0) is 57.8 Å². The molecule has 0 aliphatic heterocycles. The third-order valence-electron chi connectivity index (χ3n) is 8.26. The molecule has 0 radical (unpaired) electrons. The molecule has 0 unspecified atom stereocenters. The number of Topliss-reactive ketones (excluding diaryl/α,β-unsaturated/α-hetero) is 2. The number of nitrogens with one attached hydrogen (secondary N) is 2. The fourth-order valence-electron chi connectivity index (χ4n) is 5.42. The maximum atomic E-state index is 13.5. The first-order chi connectivity index (χ1) is 18.2. The second-order valence-electron chi connectivity index (χ2n) is 16.0. The van der Waals surface area contributed by atoms with Gasteiger partial charge in [-0.1, -0.05) is 108 Å². The summed E-state index contributed by atoms with van der Waals surface area (Å²) in [6, 6.07) is 0.340.